The number of carbonyl (C=O) groups excluding carboxylic acids is 1. The van der Waals surface area contributed by atoms with Crippen molar-refractivity contribution in [2.45, 2.75) is 12.5 Å². The fourth-order valence-corrected chi connectivity index (χ4v) is 1.59. The Morgan fingerprint density at radius 2 is 2.05 bits per heavy atom. The highest BCUT2D eigenvalue weighted by Gasteiger charge is 2.20. The molecule has 1 aromatic carbocycles. The smallest absolute Gasteiger partial charge is 0.305 e. The molecule has 8 nitrogen and oxygen atoms in total. The molecule has 0 saturated heterocycles. The van der Waals surface area contributed by atoms with Crippen molar-refractivity contribution in [3.63, 3.8) is 0 Å². The molecule has 0 radical (unpaired) electrons. The van der Waals surface area contributed by atoms with Gasteiger partial charge in [-0.25, -0.2) is 0 Å². The molecular weight excluding hydrogens is 250 g/mol. The monoisotopic (exact) mass is 261 g/mol. The molecule has 0 aliphatic heterocycles. The van der Waals surface area contributed by atoms with Crippen LogP contribution in [0.5, 0.6) is 0 Å². The van der Waals surface area contributed by atoms with E-state index in [1.54, 1.807) is 24.3 Å². The van der Waals surface area contributed by atoms with Crippen molar-refractivity contribution in [1.29, 1.82) is 0 Å². The van der Waals surface area contributed by atoms with Crippen LogP contribution >= 0.6 is 0 Å². The van der Waals surface area contributed by atoms with Crippen molar-refractivity contribution in [2.24, 2.45) is 0 Å². The highest BCUT2D eigenvalue weighted by atomic mass is 16.4. The molecule has 1 aromatic heterocycles. The number of aromatic nitrogens is 4. The Hall–Kier alpha value is -2.77. The van der Waals surface area contributed by atoms with E-state index in [0.717, 1.165) is 0 Å². The highest BCUT2D eigenvalue weighted by Crippen LogP contribution is 2.16. The van der Waals surface area contributed by atoms with Crippen molar-refractivity contribution in [3.8, 4) is 0 Å². The average molecular weight is 261 g/mol. The summed E-state index contributed by atoms with van der Waals surface area (Å²) in [5, 5.41) is 23.9. The number of nitrogens with one attached hydrogen (secondary N) is 2. The Kier molecular flexibility index (Phi) is 3.81. The number of rotatable bonds is 5. The van der Waals surface area contributed by atoms with Crippen molar-refractivity contribution in [2.75, 3.05) is 0 Å². The largest absolute Gasteiger partial charge is 0.481 e. The molecule has 19 heavy (non-hydrogen) atoms. The Morgan fingerprint density at radius 1 is 1.32 bits per heavy atom. The van der Waals surface area contributed by atoms with E-state index in [2.05, 4.69) is 25.9 Å². The second-order valence-electron chi connectivity index (χ2n) is 3.77. The SMILES string of the molecule is O=C(O)CC(NC(=O)c1nn[nH]n1)c1ccccc1. The van der Waals surface area contributed by atoms with Crippen LogP contribution in [0, 0.1) is 0 Å². The van der Waals surface area contributed by atoms with Crippen LogP contribution in [-0.2, 0) is 4.79 Å². The van der Waals surface area contributed by atoms with Gasteiger partial charge in [-0.3, -0.25) is 9.59 Å². The van der Waals surface area contributed by atoms with Gasteiger partial charge in [0.15, 0.2) is 0 Å². The summed E-state index contributed by atoms with van der Waals surface area (Å²) >= 11 is 0. The molecule has 8 heteroatoms. The lowest BCUT2D eigenvalue weighted by Gasteiger charge is -2.16. The van der Waals surface area contributed by atoms with Crippen molar-refractivity contribution < 1.29 is 14.7 Å². The maximum atomic E-state index is 11.8. The van der Waals surface area contributed by atoms with Gasteiger partial charge in [-0.1, -0.05) is 30.3 Å². The van der Waals surface area contributed by atoms with Gasteiger partial charge in [-0.2, -0.15) is 5.21 Å². The van der Waals surface area contributed by atoms with E-state index in [1.807, 2.05) is 6.07 Å². The lowest BCUT2D eigenvalue weighted by Crippen LogP contribution is -2.31. The van der Waals surface area contributed by atoms with E-state index in [9.17, 15) is 9.59 Å². The topological polar surface area (TPSA) is 121 Å². The molecule has 1 heterocycles. The first-order valence-corrected chi connectivity index (χ1v) is 5.48. The van der Waals surface area contributed by atoms with E-state index < -0.39 is 17.9 Å². The minimum atomic E-state index is -1.01. The number of carboxylic acid groups (broad SMARTS) is 1. The first-order chi connectivity index (χ1) is 9.16. The lowest BCUT2D eigenvalue weighted by atomic mass is 10.0. The summed E-state index contributed by atoms with van der Waals surface area (Å²) in [4.78, 5) is 22.6. The summed E-state index contributed by atoms with van der Waals surface area (Å²) in [7, 11) is 0. The fourth-order valence-electron chi connectivity index (χ4n) is 1.59. The molecule has 0 saturated carbocycles. The Morgan fingerprint density at radius 3 is 2.63 bits per heavy atom. The molecule has 1 atom stereocenters. The van der Waals surface area contributed by atoms with E-state index in [-0.39, 0.29) is 12.2 Å². The first-order valence-electron chi connectivity index (χ1n) is 5.48. The number of tetrazole rings is 1. The maximum absolute atomic E-state index is 11.8. The van der Waals surface area contributed by atoms with Gasteiger partial charge < -0.3 is 10.4 Å². The third-order valence-electron chi connectivity index (χ3n) is 2.43. The number of aliphatic carboxylic acids is 1. The zero-order valence-corrected chi connectivity index (χ0v) is 9.78. The summed E-state index contributed by atoms with van der Waals surface area (Å²) in [5.74, 6) is -1.72. The van der Waals surface area contributed by atoms with Crippen LogP contribution in [0.2, 0.25) is 0 Å². The van der Waals surface area contributed by atoms with E-state index in [4.69, 9.17) is 5.11 Å². The molecule has 2 aromatic rings. The van der Waals surface area contributed by atoms with Gasteiger partial charge in [-0.05, 0) is 10.8 Å². The second kappa shape index (κ2) is 5.71. The molecule has 0 aliphatic rings. The predicted octanol–water partition coefficient (Wildman–Crippen LogP) is 0.146. The number of aromatic amines is 1. The number of carbonyl (C=O) groups is 2. The molecule has 1 unspecified atom stereocenters. The molecule has 2 rings (SSSR count). The van der Waals surface area contributed by atoms with Crippen LogP contribution in [0.3, 0.4) is 0 Å². The fraction of sp³-hybridized carbons (Fsp3) is 0.182. The number of carboxylic acids is 1. The lowest BCUT2D eigenvalue weighted by molar-refractivity contribution is -0.137. The minimum absolute atomic E-state index is 0.133. The zero-order chi connectivity index (χ0) is 13.7. The van der Waals surface area contributed by atoms with Gasteiger partial charge in [0, 0.05) is 0 Å². The zero-order valence-electron chi connectivity index (χ0n) is 9.78. The van der Waals surface area contributed by atoms with Gasteiger partial charge >= 0.3 is 5.97 Å². The molecule has 1 amide bonds. The summed E-state index contributed by atoms with van der Waals surface area (Å²) in [6.07, 6.45) is -0.229. The molecule has 3 N–H and O–H groups in total. The van der Waals surface area contributed by atoms with E-state index >= 15 is 0 Å². The van der Waals surface area contributed by atoms with Crippen LogP contribution < -0.4 is 5.32 Å². The Bertz CT molecular complexity index is 555. The number of nitrogens with zero attached hydrogens (tertiary/aromatic N) is 3. The van der Waals surface area contributed by atoms with Gasteiger partial charge in [0.05, 0.1) is 12.5 Å². The minimum Gasteiger partial charge on any atom is -0.481 e. The molecule has 0 fully saturated rings. The Labute approximate surface area is 107 Å². The quantitative estimate of drug-likeness (QED) is 0.704. The van der Waals surface area contributed by atoms with E-state index in [0.29, 0.717) is 5.56 Å². The number of H-pyrrole nitrogens is 1. The molecule has 0 spiro atoms. The number of hydrogen-bond acceptors (Lipinski definition) is 5. The number of amides is 1. The van der Waals surface area contributed by atoms with Crippen LogP contribution in [-0.4, -0.2) is 37.6 Å². The van der Waals surface area contributed by atoms with Crippen LogP contribution in [0.15, 0.2) is 30.3 Å². The van der Waals surface area contributed by atoms with E-state index in [1.165, 1.54) is 0 Å². The molecular formula is C11H11N5O3. The third kappa shape index (κ3) is 3.35. The average Bonchev–Trinajstić information content (AvgIpc) is 2.92. The molecule has 98 valence electrons. The summed E-state index contributed by atoms with van der Waals surface area (Å²) in [5.41, 5.74) is 0.696. The van der Waals surface area contributed by atoms with Gasteiger partial charge in [-0.15, -0.1) is 10.2 Å². The maximum Gasteiger partial charge on any atom is 0.305 e. The normalized spacial score (nSPS) is 11.8. The van der Waals surface area contributed by atoms with Gasteiger partial charge in [0.1, 0.15) is 0 Å². The predicted molar refractivity (Wildman–Crippen MR) is 63.1 cm³/mol. The van der Waals surface area contributed by atoms with Crippen molar-refractivity contribution in [3.05, 3.63) is 41.7 Å². The van der Waals surface area contributed by atoms with Crippen LogP contribution in [0.25, 0.3) is 0 Å². The second-order valence-corrected chi connectivity index (χ2v) is 3.77. The summed E-state index contributed by atoms with van der Waals surface area (Å²) in [6.45, 7) is 0. The summed E-state index contributed by atoms with van der Waals surface area (Å²) < 4.78 is 0. The van der Waals surface area contributed by atoms with Gasteiger partial charge in [0.2, 0.25) is 0 Å². The first kappa shape index (κ1) is 12.7. The number of benzene rings is 1. The summed E-state index contributed by atoms with van der Waals surface area (Å²) in [6, 6.07) is 8.18. The van der Waals surface area contributed by atoms with Gasteiger partial charge in [0.25, 0.3) is 11.7 Å². The number of hydrogen-bond donors (Lipinski definition) is 3. The Balaban J connectivity index is 2.15. The highest BCUT2D eigenvalue weighted by molar-refractivity contribution is 5.90. The molecule has 0 bridgehead atoms. The van der Waals surface area contributed by atoms with Crippen LogP contribution in [0.1, 0.15) is 28.6 Å². The standard InChI is InChI=1S/C11H11N5O3/c17-9(18)6-8(7-4-2-1-3-5-7)12-11(19)10-13-15-16-14-10/h1-5,8H,6H2,(H,12,19)(H,17,18)(H,13,14,15,16). The van der Waals surface area contributed by atoms with Crippen LogP contribution in [0.4, 0.5) is 0 Å². The van der Waals surface area contributed by atoms with Crippen molar-refractivity contribution in [1.82, 2.24) is 25.9 Å². The molecule has 0 aliphatic carbocycles. The third-order valence-corrected chi connectivity index (χ3v) is 2.43. The van der Waals surface area contributed by atoms with Crippen molar-refractivity contribution >= 4 is 11.9 Å².